The number of rotatable bonds is 9. The first-order valence-electron chi connectivity index (χ1n) is 8.29. The summed E-state index contributed by atoms with van der Waals surface area (Å²) in [5, 5.41) is 14.5. The van der Waals surface area contributed by atoms with Crippen molar-refractivity contribution in [3.05, 3.63) is 29.6 Å². The van der Waals surface area contributed by atoms with E-state index in [4.69, 9.17) is 9.47 Å². The van der Waals surface area contributed by atoms with E-state index in [0.717, 1.165) is 11.4 Å². The van der Waals surface area contributed by atoms with Crippen molar-refractivity contribution in [1.82, 2.24) is 25.5 Å². The molecule has 0 aliphatic rings. The highest BCUT2D eigenvalue weighted by Crippen LogP contribution is 2.27. The number of methoxy groups -OCH3 is 2. The van der Waals surface area contributed by atoms with Crippen LogP contribution in [-0.4, -0.2) is 46.9 Å². The van der Waals surface area contributed by atoms with Crippen LogP contribution in [0.4, 0.5) is 0 Å². The number of aryl methyl sites for hydroxylation is 1. The van der Waals surface area contributed by atoms with Gasteiger partial charge in [0.1, 0.15) is 0 Å². The Hall–Kier alpha value is -2.64. The van der Waals surface area contributed by atoms with Crippen molar-refractivity contribution in [2.75, 3.05) is 20.8 Å². The molecule has 2 rings (SSSR count). The minimum atomic E-state index is -0.00152. The molecular weight excluding hydrogens is 322 g/mol. The van der Waals surface area contributed by atoms with Gasteiger partial charge >= 0.3 is 0 Å². The molecule has 1 aromatic heterocycles. The van der Waals surface area contributed by atoms with Crippen molar-refractivity contribution in [3.8, 4) is 11.5 Å². The maximum Gasteiger partial charge on any atom is 0.220 e. The lowest BCUT2D eigenvalue weighted by Gasteiger charge is -2.10. The van der Waals surface area contributed by atoms with Crippen LogP contribution in [0.15, 0.2) is 18.2 Å². The highest BCUT2D eigenvalue weighted by atomic mass is 16.5. The number of nitrogens with zero attached hydrogens (tertiary/aromatic N) is 4. The maximum absolute atomic E-state index is 12.0. The zero-order valence-electron chi connectivity index (χ0n) is 15.2. The lowest BCUT2D eigenvalue weighted by Crippen LogP contribution is -2.27. The number of aromatic nitrogens is 4. The van der Waals surface area contributed by atoms with Gasteiger partial charge < -0.3 is 14.8 Å². The second kappa shape index (κ2) is 9.00. The molecule has 1 N–H and O–H groups in total. The van der Waals surface area contributed by atoms with E-state index in [1.54, 1.807) is 18.9 Å². The van der Waals surface area contributed by atoms with Gasteiger partial charge in [-0.1, -0.05) is 6.07 Å². The van der Waals surface area contributed by atoms with Crippen LogP contribution in [0.25, 0.3) is 0 Å². The van der Waals surface area contributed by atoms with Crippen molar-refractivity contribution >= 4 is 5.91 Å². The van der Waals surface area contributed by atoms with E-state index in [1.165, 1.54) is 0 Å². The number of hydrogen-bond donors (Lipinski definition) is 1. The second-order valence-electron chi connectivity index (χ2n) is 5.92. The molecule has 2 aromatic rings. The summed E-state index contributed by atoms with van der Waals surface area (Å²) in [5.74, 6) is 2.12. The molecule has 0 spiro atoms. The molecule has 1 amide bonds. The first-order valence-corrected chi connectivity index (χ1v) is 8.29. The standard InChI is InChI=1S/C17H25N5O3/c1-12(2)22-16(19-20-21-22)9-10-18-17(23)8-6-13-5-7-14(24-3)15(11-13)25-4/h5,7,11-12H,6,8-10H2,1-4H3,(H,18,23). The van der Waals surface area contributed by atoms with E-state index in [2.05, 4.69) is 20.8 Å². The van der Waals surface area contributed by atoms with Gasteiger partial charge in [0, 0.05) is 19.4 Å². The number of tetrazole rings is 1. The molecular formula is C17H25N5O3. The summed E-state index contributed by atoms with van der Waals surface area (Å²) >= 11 is 0. The number of ether oxygens (including phenoxy) is 2. The molecule has 0 aliphatic carbocycles. The first-order chi connectivity index (χ1) is 12.0. The van der Waals surface area contributed by atoms with Gasteiger partial charge in [0.15, 0.2) is 17.3 Å². The van der Waals surface area contributed by atoms with E-state index in [-0.39, 0.29) is 11.9 Å². The number of hydrogen-bond acceptors (Lipinski definition) is 6. The van der Waals surface area contributed by atoms with E-state index < -0.39 is 0 Å². The SMILES string of the molecule is COc1ccc(CCC(=O)NCCc2nnnn2C(C)C)cc1OC. The van der Waals surface area contributed by atoms with Crippen LogP contribution in [-0.2, 0) is 17.6 Å². The summed E-state index contributed by atoms with van der Waals surface area (Å²) in [6, 6.07) is 5.87. The van der Waals surface area contributed by atoms with Gasteiger partial charge in [-0.05, 0) is 48.4 Å². The monoisotopic (exact) mass is 347 g/mol. The topological polar surface area (TPSA) is 91.2 Å². The van der Waals surface area contributed by atoms with Crippen molar-refractivity contribution in [1.29, 1.82) is 0 Å². The van der Waals surface area contributed by atoms with Crippen LogP contribution in [0.5, 0.6) is 11.5 Å². The zero-order chi connectivity index (χ0) is 18.2. The number of carbonyl (C=O) groups is 1. The average molecular weight is 347 g/mol. The minimum absolute atomic E-state index is 0.00152. The maximum atomic E-state index is 12.0. The summed E-state index contributed by atoms with van der Waals surface area (Å²) in [6.07, 6.45) is 1.65. The number of carbonyl (C=O) groups excluding carboxylic acids is 1. The lowest BCUT2D eigenvalue weighted by molar-refractivity contribution is -0.121. The summed E-state index contributed by atoms with van der Waals surface area (Å²) in [7, 11) is 3.19. The normalized spacial score (nSPS) is 10.8. The number of nitrogens with one attached hydrogen (secondary N) is 1. The van der Waals surface area contributed by atoms with Crippen LogP contribution < -0.4 is 14.8 Å². The van der Waals surface area contributed by atoms with Crippen LogP contribution in [0.2, 0.25) is 0 Å². The smallest absolute Gasteiger partial charge is 0.220 e. The molecule has 0 unspecified atom stereocenters. The molecule has 1 aromatic carbocycles. The molecule has 0 saturated heterocycles. The van der Waals surface area contributed by atoms with Gasteiger partial charge in [0.05, 0.1) is 20.3 Å². The van der Waals surface area contributed by atoms with E-state index >= 15 is 0 Å². The van der Waals surface area contributed by atoms with Gasteiger partial charge in [0.2, 0.25) is 5.91 Å². The van der Waals surface area contributed by atoms with Crippen LogP contribution in [0.3, 0.4) is 0 Å². The molecule has 0 atom stereocenters. The molecule has 0 saturated carbocycles. The van der Waals surface area contributed by atoms with Crippen molar-refractivity contribution in [3.63, 3.8) is 0 Å². The van der Waals surface area contributed by atoms with Crippen molar-refractivity contribution in [2.45, 2.75) is 39.2 Å². The molecule has 0 bridgehead atoms. The molecule has 1 heterocycles. The summed E-state index contributed by atoms with van der Waals surface area (Å²) in [5.41, 5.74) is 1.02. The Morgan fingerprint density at radius 1 is 1.20 bits per heavy atom. The van der Waals surface area contributed by atoms with E-state index in [0.29, 0.717) is 37.3 Å². The van der Waals surface area contributed by atoms with Crippen LogP contribution in [0, 0.1) is 0 Å². The predicted octanol–water partition coefficient (Wildman–Crippen LogP) is 1.56. The third-order valence-corrected chi connectivity index (χ3v) is 3.81. The number of amides is 1. The molecule has 8 heteroatoms. The Morgan fingerprint density at radius 3 is 2.64 bits per heavy atom. The third-order valence-electron chi connectivity index (χ3n) is 3.81. The van der Waals surface area contributed by atoms with Gasteiger partial charge in [-0.15, -0.1) is 5.10 Å². The Bertz CT molecular complexity index is 699. The van der Waals surface area contributed by atoms with Crippen LogP contribution >= 0.6 is 0 Å². The Morgan fingerprint density at radius 2 is 1.96 bits per heavy atom. The molecule has 136 valence electrons. The van der Waals surface area contributed by atoms with Crippen molar-refractivity contribution in [2.24, 2.45) is 0 Å². The predicted molar refractivity (Wildman–Crippen MR) is 92.8 cm³/mol. The highest BCUT2D eigenvalue weighted by molar-refractivity contribution is 5.76. The molecule has 0 aliphatic heterocycles. The quantitative estimate of drug-likeness (QED) is 0.740. The average Bonchev–Trinajstić information content (AvgIpc) is 3.08. The third kappa shape index (κ3) is 5.17. The van der Waals surface area contributed by atoms with Gasteiger partial charge in [-0.3, -0.25) is 4.79 Å². The second-order valence-corrected chi connectivity index (χ2v) is 5.92. The molecule has 8 nitrogen and oxygen atoms in total. The largest absolute Gasteiger partial charge is 0.493 e. The Kier molecular flexibility index (Phi) is 6.73. The zero-order valence-corrected chi connectivity index (χ0v) is 15.2. The fraction of sp³-hybridized carbons (Fsp3) is 0.529. The van der Waals surface area contributed by atoms with Crippen LogP contribution in [0.1, 0.15) is 37.7 Å². The summed E-state index contributed by atoms with van der Waals surface area (Å²) in [6.45, 7) is 4.54. The molecule has 0 radical (unpaired) electrons. The Labute approximate surface area is 147 Å². The van der Waals surface area contributed by atoms with Gasteiger partial charge in [-0.2, -0.15) is 0 Å². The number of benzene rings is 1. The fourth-order valence-electron chi connectivity index (χ4n) is 2.47. The summed E-state index contributed by atoms with van der Waals surface area (Å²) < 4.78 is 12.2. The van der Waals surface area contributed by atoms with Crippen molar-refractivity contribution < 1.29 is 14.3 Å². The first kappa shape index (κ1) is 18.7. The van der Waals surface area contributed by atoms with E-state index in [9.17, 15) is 4.79 Å². The fourth-order valence-corrected chi connectivity index (χ4v) is 2.47. The lowest BCUT2D eigenvalue weighted by atomic mass is 10.1. The minimum Gasteiger partial charge on any atom is -0.493 e. The highest BCUT2D eigenvalue weighted by Gasteiger charge is 2.10. The van der Waals surface area contributed by atoms with E-state index in [1.807, 2.05) is 32.0 Å². The summed E-state index contributed by atoms with van der Waals surface area (Å²) in [4.78, 5) is 12.0. The molecule has 0 fully saturated rings. The Balaban J connectivity index is 1.78. The molecule has 25 heavy (non-hydrogen) atoms. The van der Waals surface area contributed by atoms with Gasteiger partial charge in [-0.25, -0.2) is 4.68 Å². The van der Waals surface area contributed by atoms with Gasteiger partial charge in [0.25, 0.3) is 0 Å².